The number of hydrogen-bond donors (Lipinski definition) is 0. The van der Waals surface area contributed by atoms with Crippen molar-refractivity contribution in [1.29, 1.82) is 0 Å². The number of nitrogens with zero attached hydrogens (tertiary/aromatic N) is 2. The summed E-state index contributed by atoms with van der Waals surface area (Å²) in [6, 6.07) is 8.24. The lowest BCUT2D eigenvalue weighted by Crippen LogP contribution is -2.17. The van der Waals surface area contributed by atoms with Crippen molar-refractivity contribution in [2.75, 3.05) is 13.6 Å². The van der Waals surface area contributed by atoms with Crippen LogP contribution in [-0.4, -0.2) is 37.2 Å². The van der Waals surface area contributed by atoms with Crippen LogP contribution in [0.3, 0.4) is 0 Å². The van der Waals surface area contributed by atoms with Crippen LogP contribution in [0.15, 0.2) is 41.4 Å². The minimum atomic E-state index is -4.76. The van der Waals surface area contributed by atoms with Crippen LogP contribution in [-0.2, 0) is 11.3 Å². The summed E-state index contributed by atoms with van der Waals surface area (Å²) in [5.41, 5.74) is 1.97. The third-order valence-corrected chi connectivity index (χ3v) is 4.24. The molecule has 0 N–H and O–H groups in total. The van der Waals surface area contributed by atoms with Gasteiger partial charge in [-0.2, -0.15) is 0 Å². The molecule has 0 radical (unpaired) electrons. The maximum absolute atomic E-state index is 12.4. The fourth-order valence-corrected chi connectivity index (χ4v) is 2.45. The van der Waals surface area contributed by atoms with Gasteiger partial charge in [-0.1, -0.05) is 23.7 Å². The summed E-state index contributed by atoms with van der Waals surface area (Å²) in [6.45, 7) is 4.39. The second-order valence-electron chi connectivity index (χ2n) is 6.20. The minimum Gasteiger partial charge on any atom is -0.457 e. The highest BCUT2D eigenvalue weighted by atomic mass is 35.5. The Morgan fingerprint density at radius 1 is 1.24 bits per heavy atom. The molecule has 0 aliphatic carbocycles. The lowest BCUT2D eigenvalue weighted by Gasteiger charge is -2.11. The number of aliphatic imine (C=N–C) groups is 1. The van der Waals surface area contributed by atoms with Gasteiger partial charge in [0.2, 0.25) is 0 Å². The molecular formula is C20H20ClF3N2O3. The Hall–Kier alpha value is -2.74. The zero-order valence-electron chi connectivity index (χ0n) is 16.1. The summed E-state index contributed by atoms with van der Waals surface area (Å²) >= 11 is 6.21. The highest BCUT2D eigenvalue weighted by Crippen LogP contribution is 2.29. The van der Waals surface area contributed by atoms with Crippen LogP contribution in [0.2, 0.25) is 5.02 Å². The molecule has 29 heavy (non-hydrogen) atoms. The van der Waals surface area contributed by atoms with Crippen molar-refractivity contribution in [3.63, 3.8) is 0 Å². The Balaban J connectivity index is 2.03. The van der Waals surface area contributed by atoms with Gasteiger partial charge in [-0.3, -0.25) is 0 Å². The van der Waals surface area contributed by atoms with Gasteiger partial charge in [0.15, 0.2) is 0 Å². The first-order valence-electron chi connectivity index (χ1n) is 8.65. The van der Waals surface area contributed by atoms with Gasteiger partial charge in [0, 0.05) is 13.6 Å². The Morgan fingerprint density at radius 3 is 2.48 bits per heavy atom. The largest absolute Gasteiger partial charge is 0.573 e. The van der Waals surface area contributed by atoms with E-state index >= 15 is 0 Å². The number of benzene rings is 2. The standard InChI is InChI=1S/C20H20ClF3N2O3/c1-4-26(3)12-25-18-9-13(2)16(10-17(18)21)19(27)28-11-14-5-7-15(8-6-14)29-20(22,23)24/h5-10,12H,4,11H2,1-3H3/b25-12+. The molecule has 0 aliphatic rings. The van der Waals surface area contributed by atoms with E-state index < -0.39 is 12.3 Å². The Morgan fingerprint density at radius 2 is 1.90 bits per heavy atom. The van der Waals surface area contributed by atoms with E-state index in [-0.39, 0.29) is 17.9 Å². The second kappa shape index (κ2) is 9.65. The van der Waals surface area contributed by atoms with E-state index in [9.17, 15) is 18.0 Å². The monoisotopic (exact) mass is 428 g/mol. The van der Waals surface area contributed by atoms with Crippen LogP contribution in [0, 0.1) is 6.92 Å². The van der Waals surface area contributed by atoms with Crippen molar-refractivity contribution >= 4 is 29.6 Å². The van der Waals surface area contributed by atoms with Gasteiger partial charge in [0.1, 0.15) is 12.4 Å². The maximum atomic E-state index is 12.4. The molecule has 5 nitrogen and oxygen atoms in total. The molecule has 2 aromatic rings. The van der Waals surface area contributed by atoms with Gasteiger partial charge < -0.3 is 14.4 Å². The first kappa shape index (κ1) is 22.5. The van der Waals surface area contributed by atoms with Crippen LogP contribution in [0.1, 0.15) is 28.4 Å². The van der Waals surface area contributed by atoms with Crippen LogP contribution < -0.4 is 4.74 Å². The van der Waals surface area contributed by atoms with Gasteiger partial charge in [0.25, 0.3) is 0 Å². The molecule has 0 saturated heterocycles. The van der Waals surface area contributed by atoms with E-state index in [0.29, 0.717) is 21.8 Å². The summed E-state index contributed by atoms with van der Waals surface area (Å²) in [6.07, 6.45) is -3.11. The topological polar surface area (TPSA) is 51.1 Å². The van der Waals surface area contributed by atoms with Crippen molar-refractivity contribution in [2.24, 2.45) is 4.99 Å². The van der Waals surface area contributed by atoms with Crippen LogP contribution >= 0.6 is 11.6 Å². The smallest absolute Gasteiger partial charge is 0.457 e. The molecule has 0 spiro atoms. The number of aryl methyl sites for hydroxylation is 1. The van der Waals surface area contributed by atoms with Gasteiger partial charge in [-0.25, -0.2) is 9.79 Å². The van der Waals surface area contributed by atoms with E-state index in [1.54, 1.807) is 19.3 Å². The molecule has 0 unspecified atom stereocenters. The predicted molar refractivity (Wildman–Crippen MR) is 105 cm³/mol. The molecule has 0 saturated carbocycles. The molecule has 0 aromatic heterocycles. The molecule has 0 atom stereocenters. The molecular weight excluding hydrogens is 409 g/mol. The Labute approximate surface area is 171 Å². The first-order valence-corrected chi connectivity index (χ1v) is 9.03. The fourth-order valence-electron chi connectivity index (χ4n) is 2.24. The minimum absolute atomic E-state index is 0.108. The molecule has 0 fully saturated rings. The number of ether oxygens (including phenoxy) is 2. The van der Waals surface area contributed by atoms with E-state index in [1.165, 1.54) is 18.2 Å². The van der Waals surface area contributed by atoms with E-state index in [1.807, 2.05) is 18.9 Å². The second-order valence-corrected chi connectivity index (χ2v) is 6.61. The highest BCUT2D eigenvalue weighted by Gasteiger charge is 2.30. The molecule has 0 amide bonds. The van der Waals surface area contributed by atoms with Crippen molar-refractivity contribution in [2.45, 2.75) is 26.8 Å². The molecule has 2 aromatic carbocycles. The van der Waals surface area contributed by atoms with E-state index in [2.05, 4.69) is 9.73 Å². The highest BCUT2D eigenvalue weighted by molar-refractivity contribution is 6.33. The summed E-state index contributed by atoms with van der Waals surface area (Å²) in [5, 5.41) is 0.303. The number of esters is 1. The van der Waals surface area contributed by atoms with Crippen LogP contribution in [0.25, 0.3) is 0 Å². The summed E-state index contributed by atoms with van der Waals surface area (Å²) in [4.78, 5) is 18.5. The maximum Gasteiger partial charge on any atom is 0.573 e. The molecule has 0 bridgehead atoms. The number of carbonyl (C=O) groups excluding carboxylic acids is 1. The Kier molecular flexibility index (Phi) is 7.50. The number of rotatable bonds is 7. The third-order valence-electron chi connectivity index (χ3n) is 3.93. The van der Waals surface area contributed by atoms with Crippen LogP contribution in [0.4, 0.5) is 18.9 Å². The normalized spacial score (nSPS) is 11.6. The van der Waals surface area contributed by atoms with Crippen molar-refractivity contribution in [1.82, 2.24) is 4.90 Å². The SMILES string of the molecule is CCN(C)/C=N/c1cc(C)c(C(=O)OCc2ccc(OC(F)(F)F)cc2)cc1Cl. The predicted octanol–water partition coefficient (Wildman–Crippen LogP) is 5.52. The lowest BCUT2D eigenvalue weighted by atomic mass is 10.1. The number of alkyl halides is 3. The lowest BCUT2D eigenvalue weighted by molar-refractivity contribution is -0.274. The third kappa shape index (κ3) is 6.98. The van der Waals surface area contributed by atoms with Gasteiger partial charge >= 0.3 is 12.3 Å². The Bertz CT molecular complexity index is 884. The van der Waals surface area contributed by atoms with E-state index in [0.717, 1.165) is 18.7 Å². The molecule has 156 valence electrons. The summed E-state index contributed by atoms with van der Waals surface area (Å²) in [5.74, 6) is -0.943. The van der Waals surface area contributed by atoms with Crippen molar-refractivity contribution < 1.29 is 27.4 Å². The average molecular weight is 429 g/mol. The molecule has 2 rings (SSSR count). The zero-order chi connectivity index (χ0) is 21.6. The average Bonchev–Trinajstić information content (AvgIpc) is 2.66. The quantitative estimate of drug-likeness (QED) is 0.331. The van der Waals surface area contributed by atoms with Gasteiger partial charge in [0.05, 0.1) is 22.6 Å². The van der Waals surface area contributed by atoms with Crippen LogP contribution in [0.5, 0.6) is 5.75 Å². The fraction of sp³-hybridized carbons (Fsp3) is 0.300. The van der Waals surface area contributed by atoms with Gasteiger partial charge in [-0.05, 0) is 49.2 Å². The number of carbonyl (C=O) groups is 1. The van der Waals surface area contributed by atoms with Crippen molar-refractivity contribution in [3.05, 3.63) is 58.1 Å². The summed E-state index contributed by atoms with van der Waals surface area (Å²) < 4.78 is 45.6. The molecule has 0 heterocycles. The van der Waals surface area contributed by atoms with E-state index in [4.69, 9.17) is 16.3 Å². The zero-order valence-corrected chi connectivity index (χ0v) is 16.8. The van der Waals surface area contributed by atoms with Crippen molar-refractivity contribution in [3.8, 4) is 5.75 Å². The number of hydrogen-bond acceptors (Lipinski definition) is 4. The summed E-state index contributed by atoms with van der Waals surface area (Å²) in [7, 11) is 1.87. The molecule has 9 heteroatoms. The first-order chi connectivity index (χ1) is 13.6. The number of halogens is 4. The van der Waals surface area contributed by atoms with Gasteiger partial charge in [-0.15, -0.1) is 13.2 Å². The molecule has 0 aliphatic heterocycles.